The molecule has 2 nitrogen and oxygen atoms in total. The quantitative estimate of drug-likeness (QED) is 0.841. The van der Waals surface area contributed by atoms with Crippen molar-refractivity contribution in [3.05, 3.63) is 27.4 Å². The van der Waals surface area contributed by atoms with Crippen LogP contribution in [0.15, 0.2) is 16.6 Å². The lowest BCUT2D eigenvalue weighted by molar-refractivity contribution is 0.255. The van der Waals surface area contributed by atoms with E-state index in [2.05, 4.69) is 28.2 Å². The average molecular weight is 311 g/mol. The molecule has 1 N–H and O–H groups in total. The second-order valence-electron chi connectivity index (χ2n) is 3.67. The van der Waals surface area contributed by atoms with Gasteiger partial charge in [-0.2, -0.15) is 0 Å². The van der Waals surface area contributed by atoms with Crippen molar-refractivity contribution in [3.63, 3.8) is 0 Å². The zero-order chi connectivity index (χ0) is 12.1. The van der Waals surface area contributed by atoms with E-state index < -0.39 is 5.82 Å². The first-order valence-electron chi connectivity index (χ1n) is 4.96. The van der Waals surface area contributed by atoms with E-state index in [1.165, 1.54) is 12.1 Å². The molecule has 1 aromatic carbocycles. The van der Waals surface area contributed by atoms with Gasteiger partial charge in [-0.1, -0.05) is 18.5 Å². The molecule has 0 aliphatic heterocycles. The molecule has 0 saturated carbocycles. The van der Waals surface area contributed by atoms with Crippen LogP contribution in [0.25, 0.3) is 0 Å². The zero-order valence-corrected chi connectivity index (χ0v) is 11.5. The molecule has 0 bridgehead atoms. The summed E-state index contributed by atoms with van der Waals surface area (Å²) in [6, 6.07) is 2.79. The van der Waals surface area contributed by atoms with Crippen LogP contribution in [0.5, 0.6) is 5.75 Å². The maximum absolute atomic E-state index is 13.2. The third kappa shape index (κ3) is 3.92. The minimum atomic E-state index is -0.471. The van der Waals surface area contributed by atoms with Crippen LogP contribution in [0.3, 0.4) is 0 Å². The van der Waals surface area contributed by atoms with E-state index in [9.17, 15) is 4.39 Å². The number of halogens is 3. The van der Waals surface area contributed by atoms with Crippen LogP contribution in [0, 0.1) is 11.7 Å². The van der Waals surface area contributed by atoms with Crippen LogP contribution < -0.4 is 10.1 Å². The average Bonchev–Trinajstić information content (AvgIpc) is 2.22. The maximum atomic E-state index is 13.2. The maximum Gasteiger partial charge on any atom is 0.145 e. The normalized spacial score (nSPS) is 12.6. The third-order valence-electron chi connectivity index (χ3n) is 2.05. The van der Waals surface area contributed by atoms with Crippen LogP contribution in [0.1, 0.15) is 6.92 Å². The van der Waals surface area contributed by atoms with Crippen LogP contribution in [0.4, 0.5) is 4.39 Å². The zero-order valence-electron chi connectivity index (χ0n) is 9.19. The Kier molecular flexibility index (Phi) is 5.52. The lowest BCUT2D eigenvalue weighted by Gasteiger charge is -2.13. The topological polar surface area (TPSA) is 21.3 Å². The first kappa shape index (κ1) is 13.7. The summed E-state index contributed by atoms with van der Waals surface area (Å²) >= 11 is 8.91. The Bertz CT molecular complexity index is 362. The van der Waals surface area contributed by atoms with E-state index in [1.54, 1.807) is 0 Å². The Hall–Kier alpha value is -0.320. The van der Waals surface area contributed by atoms with Gasteiger partial charge in [0.2, 0.25) is 0 Å². The molecule has 0 heterocycles. The van der Waals surface area contributed by atoms with Crippen molar-refractivity contribution in [3.8, 4) is 5.75 Å². The van der Waals surface area contributed by atoms with Crippen molar-refractivity contribution in [2.75, 3.05) is 20.2 Å². The molecule has 0 aliphatic rings. The summed E-state index contributed by atoms with van der Waals surface area (Å²) in [4.78, 5) is 0. The standard InChI is InChI=1S/C11H14BrClFNO/c1-7(5-15-2)6-16-11-4-10(14)9(13)3-8(11)12/h3-4,7,15H,5-6H2,1-2H3. The summed E-state index contributed by atoms with van der Waals surface area (Å²) in [5.74, 6) is 0.363. The van der Waals surface area contributed by atoms with Crippen molar-refractivity contribution in [2.24, 2.45) is 5.92 Å². The Labute approximate surface area is 108 Å². The first-order chi connectivity index (χ1) is 7.54. The monoisotopic (exact) mass is 309 g/mol. The summed E-state index contributed by atoms with van der Waals surface area (Å²) in [6.45, 7) is 3.44. The summed E-state index contributed by atoms with van der Waals surface area (Å²) < 4.78 is 19.4. The van der Waals surface area contributed by atoms with Gasteiger partial charge in [0.15, 0.2) is 0 Å². The van der Waals surface area contributed by atoms with E-state index in [-0.39, 0.29) is 5.02 Å². The molecular weight excluding hydrogens is 296 g/mol. The summed E-state index contributed by atoms with van der Waals surface area (Å²) in [5.41, 5.74) is 0. The van der Waals surface area contributed by atoms with Gasteiger partial charge in [0.25, 0.3) is 0 Å². The Balaban J connectivity index is 2.63. The van der Waals surface area contributed by atoms with Crippen LogP contribution in [0.2, 0.25) is 5.02 Å². The molecule has 0 aliphatic carbocycles. The summed E-state index contributed by atoms with van der Waals surface area (Å²) in [6.07, 6.45) is 0. The fourth-order valence-electron chi connectivity index (χ4n) is 1.25. The van der Waals surface area contributed by atoms with Crippen molar-refractivity contribution in [1.82, 2.24) is 5.32 Å². The predicted octanol–water partition coefficient (Wildman–Crippen LogP) is 3.48. The second kappa shape index (κ2) is 6.42. The van der Waals surface area contributed by atoms with Gasteiger partial charge >= 0.3 is 0 Å². The van der Waals surface area contributed by atoms with Crippen LogP contribution in [-0.2, 0) is 0 Å². The van der Waals surface area contributed by atoms with Gasteiger partial charge in [-0.3, -0.25) is 0 Å². The number of ether oxygens (including phenoxy) is 1. The minimum Gasteiger partial charge on any atom is -0.492 e. The highest BCUT2D eigenvalue weighted by atomic mass is 79.9. The molecule has 0 aromatic heterocycles. The fraction of sp³-hybridized carbons (Fsp3) is 0.455. The fourth-order valence-corrected chi connectivity index (χ4v) is 2.01. The van der Waals surface area contributed by atoms with Crippen molar-refractivity contribution >= 4 is 27.5 Å². The van der Waals surface area contributed by atoms with Gasteiger partial charge in [-0.25, -0.2) is 4.39 Å². The van der Waals surface area contributed by atoms with Crippen LogP contribution in [-0.4, -0.2) is 20.2 Å². The van der Waals surface area contributed by atoms with Gasteiger partial charge in [-0.05, 0) is 29.0 Å². The smallest absolute Gasteiger partial charge is 0.145 e. The van der Waals surface area contributed by atoms with Gasteiger partial charge in [-0.15, -0.1) is 0 Å². The highest BCUT2D eigenvalue weighted by Gasteiger charge is 2.09. The highest BCUT2D eigenvalue weighted by molar-refractivity contribution is 9.10. The van der Waals surface area contributed by atoms with Gasteiger partial charge in [0.05, 0.1) is 16.1 Å². The molecule has 0 spiro atoms. The van der Waals surface area contributed by atoms with Crippen LogP contribution >= 0.6 is 27.5 Å². The van der Waals surface area contributed by atoms with Gasteiger partial charge in [0.1, 0.15) is 11.6 Å². The van der Waals surface area contributed by atoms with Crippen molar-refractivity contribution in [2.45, 2.75) is 6.92 Å². The third-order valence-corrected chi connectivity index (χ3v) is 2.96. The number of hydrogen-bond donors (Lipinski definition) is 1. The van der Waals surface area contributed by atoms with E-state index in [0.29, 0.717) is 22.7 Å². The van der Waals surface area contributed by atoms with E-state index >= 15 is 0 Å². The second-order valence-corrected chi connectivity index (χ2v) is 4.93. The Morgan fingerprint density at radius 2 is 2.25 bits per heavy atom. The molecule has 1 atom stereocenters. The molecule has 0 amide bonds. The molecule has 5 heteroatoms. The number of rotatable bonds is 5. The molecule has 0 fully saturated rings. The predicted molar refractivity (Wildman–Crippen MR) is 67.7 cm³/mol. The Morgan fingerprint density at radius 3 is 2.88 bits per heavy atom. The van der Waals surface area contributed by atoms with E-state index in [1.807, 2.05) is 7.05 Å². The molecule has 1 unspecified atom stereocenters. The Morgan fingerprint density at radius 1 is 1.56 bits per heavy atom. The molecule has 0 radical (unpaired) electrons. The minimum absolute atomic E-state index is 0.0856. The highest BCUT2D eigenvalue weighted by Crippen LogP contribution is 2.30. The van der Waals surface area contributed by atoms with Crippen molar-refractivity contribution in [1.29, 1.82) is 0 Å². The molecule has 16 heavy (non-hydrogen) atoms. The molecular formula is C11H14BrClFNO. The number of hydrogen-bond acceptors (Lipinski definition) is 2. The number of benzene rings is 1. The van der Waals surface area contributed by atoms with Crippen molar-refractivity contribution < 1.29 is 9.13 Å². The molecule has 0 saturated heterocycles. The first-order valence-corrected chi connectivity index (χ1v) is 6.13. The summed E-state index contributed by atoms with van der Waals surface area (Å²) in [5, 5.41) is 3.14. The summed E-state index contributed by atoms with van der Waals surface area (Å²) in [7, 11) is 1.88. The van der Waals surface area contributed by atoms with Gasteiger partial charge in [0, 0.05) is 18.5 Å². The number of nitrogens with one attached hydrogen (secondary N) is 1. The molecule has 1 rings (SSSR count). The van der Waals surface area contributed by atoms with E-state index in [0.717, 1.165) is 6.54 Å². The molecule has 1 aromatic rings. The lowest BCUT2D eigenvalue weighted by Crippen LogP contribution is -2.21. The SMILES string of the molecule is CNCC(C)COc1cc(F)c(Cl)cc1Br. The van der Waals surface area contributed by atoms with Gasteiger partial charge < -0.3 is 10.1 Å². The van der Waals surface area contributed by atoms with E-state index in [4.69, 9.17) is 16.3 Å². The largest absolute Gasteiger partial charge is 0.492 e. The lowest BCUT2D eigenvalue weighted by atomic mass is 10.2. The molecule has 90 valence electrons.